The zero-order chi connectivity index (χ0) is 24.0. The topological polar surface area (TPSA) is 94.0 Å². The Balaban J connectivity index is 1.61. The first-order valence-electron chi connectivity index (χ1n) is 10.1. The first-order valence-corrected chi connectivity index (χ1v) is 10.5. The van der Waals surface area contributed by atoms with E-state index >= 15 is 0 Å². The van der Waals surface area contributed by atoms with Crippen LogP contribution in [-0.2, 0) is 16.1 Å². The van der Waals surface area contributed by atoms with Crippen molar-refractivity contribution in [1.82, 2.24) is 15.3 Å². The average molecular weight is 469 g/mol. The summed E-state index contributed by atoms with van der Waals surface area (Å²) in [6, 6.07) is 14.6. The monoisotopic (exact) mass is 468 g/mol. The highest BCUT2D eigenvalue weighted by Crippen LogP contribution is 2.28. The maximum atomic E-state index is 12.0. The predicted molar refractivity (Wildman–Crippen MR) is 127 cm³/mol. The Morgan fingerprint density at radius 3 is 2.39 bits per heavy atom. The van der Waals surface area contributed by atoms with Crippen LogP contribution in [0.1, 0.15) is 22.5 Å². The number of hydrazone groups is 1. The molecular weight excluding hydrogens is 444 g/mol. The number of benzene rings is 2. The highest BCUT2D eigenvalue weighted by Gasteiger charge is 2.14. The number of hydrogen-bond acceptors (Lipinski definition) is 5. The molecule has 1 aromatic heterocycles. The summed E-state index contributed by atoms with van der Waals surface area (Å²) in [5.74, 6) is -0.318. The lowest BCUT2D eigenvalue weighted by atomic mass is 10.2. The van der Waals surface area contributed by atoms with Crippen molar-refractivity contribution in [1.29, 1.82) is 0 Å². The van der Waals surface area contributed by atoms with Gasteiger partial charge in [-0.1, -0.05) is 23.7 Å². The Morgan fingerprint density at radius 2 is 1.76 bits per heavy atom. The number of nitrogens with one attached hydrogen (secondary N) is 2. The number of methoxy groups -OCH3 is 2. The number of rotatable bonds is 7. The van der Waals surface area contributed by atoms with Gasteiger partial charge in [0.05, 0.1) is 25.5 Å². The molecule has 3 aromatic rings. The highest BCUT2D eigenvalue weighted by molar-refractivity contribution is 6.35. The van der Waals surface area contributed by atoms with Crippen molar-refractivity contribution in [2.75, 3.05) is 14.2 Å². The second-order valence-electron chi connectivity index (χ2n) is 7.21. The molecule has 3 rings (SSSR count). The fraction of sp³-hybridized carbons (Fsp3) is 0.208. The van der Waals surface area contributed by atoms with Gasteiger partial charge in [0.2, 0.25) is 0 Å². The third-order valence-electron chi connectivity index (χ3n) is 5.05. The molecule has 8 nitrogen and oxygen atoms in total. The van der Waals surface area contributed by atoms with Crippen LogP contribution in [-0.4, -0.2) is 36.8 Å². The molecule has 0 unspecified atom stereocenters. The molecule has 0 saturated heterocycles. The van der Waals surface area contributed by atoms with Crippen LogP contribution in [0.2, 0.25) is 5.02 Å². The maximum Gasteiger partial charge on any atom is 0.329 e. The Labute approximate surface area is 197 Å². The summed E-state index contributed by atoms with van der Waals surface area (Å²) in [6.45, 7) is 4.09. The standard InChI is InChI=1S/C24H25ClN4O4/c1-15-11-18(16(2)29(15)19-7-10-22(33-4)21(25)12-19)14-27-28-24(31)23(30)26-13-17-5-8-20(32-3)9-6-17/h5-12,14H,13H2,1-4H3,(H,26,30)(H,28,31)/b27-14-. The van der Waals surface area contributed by atoms with Crippen LogP contribution in [0.5, 0.6) is 11.5 Å². The van der Waals surface area contributed by atoms with Crippen molar-refractivity contribution in [3.63, 3.8) is 0 Å². The van der Waals surface area contributed by atoms with Gasteiger partial charge >= 0.3 is 11.8 Å². The van der Waals surface area contributed by atoms with E-state index < -0.39 is 11.8 Å². The molecule has 172 valence electrons. The van der Waals surface area contributed by atoms with E-state index in [2.05, 4.69) is 15.8 Å². The van der Waals surface area contributed by atoms with Crippen molar-refractivity contribution < 1.29 is 19.1 Å². The van der Waals surface area contributed by atoms with E-state index in [0.29, 0.717) is 16.5 Å². The van der Waals surface area contributed by atoms with E-state index in [4.69, 9.17) is 21.1 Å². The van der Waals surface area contributed by atoms with Crippen LogP contribution < -0.4 is 20.2 Å². The van der Waals surface area contributed by atoms with Crippen molar-refractivity contribution in [2.45, 2.75) is 20.4 Å². The Morgan fingerprint density at radius 1 is 1.03 bits per heavy atom. The summed E-state index contributed by atoms with van der Waals surface area (Å²) in [4.78, 5) is 24.1. The summed E-state index contributed by atoms with van der Waals surface area (Å²) in [7, 11) is 3.14. The molecule has 0 aliphatic rings. The van der Waals surface area contributed by atoms with E-state index in [0.717, 1.165) is 28.2 Å². The second-order valence-corrected chi connectivity index (χ2v) is 7.62. The molecule has 1 heterocycles. The van der Waals surface area contributed by atoms with E-state index in [1.165, 1.54) is 6.21 Å². The average Bonchev–Trinajstić information content (AvgIpc) is 3.10. The van der Waals surface area contributed by atoms with Crippen LogP contribution in [0.3, 0.4) is 0 Å². The fourth-order valence-corrected chi connectivity index (χ4v) is 3.58. The van der Waals surface area contributed by atoms with Gasteiger partial charge in [-0.3, -0.25) is 9.59 Å². The van der Waals surface area contributed by atoms with E-state index in [9.17, 15) is 9.59 Å². The van der Waals surface area contributed by atoms with E-state index in [1.807, 2.05) is 36.6 Å². The quantitative estimate of drug-likeness (QED) is 0.315. The van der Waals surface area contributed by atoms with Gasteiger partial charge in [0.1, 0.15) is 11.5 Å². The zero-order valence-corrected chi connectivity index (χ0v) is 19.6. The van der Waals surface area contributed by atoms with Crippen molar-refractivity contribution in [3.8, 4) is 17.2 Å². The smallest absolute Gasteiger partial charge is 0.329 e. The molecular formula is C24H25ClN4O4. The fourth-order valence-electron chi connectivity index (χ4n) is 3.33. The summed E-state index contributed by atoms with van der Waals surface area (Å²) in [5, 5.41) is 6.99. The summed E-state index contributed by atoms with van der Waals surface area (Å²) >= 11 is 6.26. The lowest BCUT2D eigenvalue weighted by molar-refractivity contribution is -0.139. The van der Waals surface area contributed by atoms with Crippen LogP contribution in [0.15, 0.2) is 53.6 Å². The zero-order valence-electron chi connectivity index (χ0n) is 18.8. The molecule has 2 aromatic carbocycles. The maximum absolute atomic E-state index is 12.0. The summed E-state index contributed by atoms with van der Waals surface area (Å²) in [5.41, 5.74) is 6.61. The summed E-state index contributed by atoms with van der Waals surface area (Å²) < 4.78 is 12.3. The van der Waals surface area contributed by atoms with Crippen LogP contribution in [0, 0.1) is 13.8 Å². The predicted octanol–water partition coefficient (Wildman–Crippen LogP) is 3.53. The van der Waals surface area contributed by atoms with Gasteiger partial charge in [0.25, 0.3) is 0 Å². The highest BCUT2D eigenvalue weighted by atomic mass is 35.5. The number of halogens is 1. The first kappa shape index (κ1) is 23.9. The van der Waals surface area contributed by atoms with Gasteiger partial charge in [-0.25, -0.2) is 5.43 Å². The van der Waals surface area contributed by atoms with Gasteiger partial charge in [0, 0.05) is 29.2 Å². The van der Waals surface area contributed by atoms with Gasteiger partial charge in [0.15, 0.2) is 0 Å². The molecule has 0 atom stereocenters. The number of carbonyl (C=O) groups is 2. The Bertz CT molecular complexity index is 1190. The first-order chi connectivity index (χ1) is 15.8. The van der Waals surface area contributed by atoms with E-state index in [1.54, 1.807) is 44.6 Å². The van der Waals surface area contributed by atoms with Gasteiger partial charge in [-0.15, -0.1) is 0 Å². The number of carbonyl (C=O) groups excluding carboxylic acids is 2. The molecule has 0 radical (unpaired) electrons. The molecule has 0 aliphatic heterocycles. The molecule has 0 saturated carbocycles. The van der Waals surface area contributed by atoms with Crippen molar-refractivity contribution in [2.24, 2.45) is 5.10 Å². The molecule has 9 heteroatoms. The third kappa shape index (κ3) is 5.72. The van der Waals surface area contributed by atoms with Crippen molar-refractivity contribution in [3.05, 3.63) is 76.1 Å². The largest absolute Gasteiger partial charge is 0.497 e. The molecule has 0 bridgehead atoms. The molecule has 0 aliphatic carbocycles. The SMILES string of the molecule is COc1ccc(CNC(=O)C(=O)N/N=C\c2cc(C)n(-c3ccc(OC)c(Cl)c3)c2C)cc1. The minimum atomic E-state index is -0.851. The second kappa shape index (κ2) is 10.7. The molecule has 2 N–H and O–H groups in total. The number of amides is 2. The summed E-state index contributed by atoms with van der Waals surface area (Å²) in [6.07, 6.45) is 1.50. The molecule has 0 fully saturated rings. The lowest BCUT2D eigenvalue weighted by Gasteiger charge is -2.11. The minimum absolute atomic E-state index is 0.214. The van der Waals surface area contributed by atoms with Crippen LogP contribution in [0.4, 0.5) is 0 Å². The molecule has 33 heavy (non-hydrogen) atoms. The number of hydrogen-bond donors (Lipinski definition) is 2. The Hall–Kier alpha value is -3.78. The number of aryl methyl sites for hydroxylation is 1. The molecule has 2 amide bonds. The molecule has 0 spiro atoms. The van der Waals surface area contributed by atoms with Crippen LogP contribution in [0.25, 0.3) is 5.69 Å². The minimum Gasteiger partial charge on any atom is -0.497 e. The number of nitrogens with zero attached hydrogens (tertiary/aromatic N) is 2. The van der Waals surface area contributed by atoms with Crippen LogP contribution >= 0.6 is 11.6 Å². The normalized spacial score (nSPS) is 10.8. The third-order valence-corrected chi connectivity index (χ3v) is 5.35. The number of ether oxygens (including phenoxy) is 2. The lowest BCUT2D eigenvalue weighted by Crippen LogP contribution is -2.37. The van der Waals surface area contributed by atoms with Crippen molar-refractivity contribution >= 4 is 29.6 Å². The number of aromatic nitrogens is 1. The van der Waals surface area contributed by atoms with Gasteiger partial charge in [-0.2, -0.15) is 5.10 Å². The van der Waals surface area contributed by atoms with Gasteiger partial charge < -0.3 is 19.4 Å². The Kier molecular flexibility index (Phi) is 7.74. The van der Waals surface area contributed by atoms with E-state index in [-0.39, 0.29) is 6.54 Å². The van der Waals surface area contributed by atoms with Gasteiger partial charge in [-0.05, 0) is 55.8 Å².